The van der Waals surface area contributed by atoms with Crippen LogP contribution in [0.25, 0.3) is 22.3 Å². The molecule has 0 bridgehead atoms. The zero-order valence-corrected chi connectivity index (χ0v) is 26.0. The molecule has 0 aliphatic carbocycles. The minimum absolute atomic E-state index is 0.0769. The maximum atomic E-state index is 12.4. The molecule has 0 aliphatic rings. The molecule has 8 nitrogen and oxygen atoms in total. The van der Waals surface area contributed by atoms with Crippen LogP contribution in [-0.4, -0.2) is 64.7 Å². The van der Waals surface area contributed by atoms with E-state index >= 15 is 0 Å². The first-order valence-electron chi connectivity index (χ1n) is 14.2. The van der Waals surface area contributed by atoms with Gasteiger partial charge in [-0.1, -0.05) is 84.9 Å². The monoisotopic (exact) mass is 624 g/mol. The molecule has 0 radical (unpaired) electrons. The molecule has 230 valence electrons. The van der Waals surface area contributed by atoms with E-state index in [1.54, 1.807) is 43.4 Å². The molecule has 4 aromatic rings. The number of benzene rings is 4. The van der Waals surface area contributed by atoms with Gasteiger partial charge in [-0.25, -0.2) is 25.9 Å². The molecule has 3 N–H and O–H groups in total. The molecule has 4 rings (SSSR count). The van der Waals surface area contributed by atoms with Gasteiger partial charge in [0.25, 0.3) is 0 Å². The van der Waals surface area contributed by atoms with Crippen LogP contribution in [0.15, 0.2) is 119 Å². The van der Waals surface area contributed by atoms with Gasteiger partial charge in [0, 0.05) is 33.4 Å². The highest BCUT2D eigenvalue weighted by atomic mass is 32.2. The number of aliphatic hydroxyl groups excluding tert-OH is 2. The lowest BCUT2D eigenvalue weighted by molar-refractivity contribution is 0.279. The zero-order chi connectivity index (χ0) is 31.1. The molecule has 0 fully saturated rings. The highest BCUT2D eigenvalue weighted by Crippen LogP contribution is 2.23. The third kappa shape index (κ3) is 10.4. The second kappa shape index (κ2) is 17.0. The van der Waals surface area contributed by atoms with Crippen LogP contribution in [0.3, 0.4) is 0 Å². The standard InChI is InChI=1S/C17H21NO3S.C16H19NO3S/c1-18(13-5-6-14-19)22(20,21)17-11-9-16(10-12-17)15-7-3-2-4-8-15;18-13-5-4-12-17-21(19,20)16-10-8-15(9-11-16)14-6-2-1-3-7-14/h2-4,7-12,19H,5-6,13-14H2,1H3;1-3,6-11,17-18H,4-5,12-13H2. The van der Waals surface area contributed by atoms with Crippen LogP contribution in [0.4, 0.5) is 0 Å². The van der Waals surface area contributed by atoms with Gasteiger partial charge in [-0.3, -0.25) is 0 Å². The second-order valence-electron chi connectivity index (χ2n) is 9.87. The fourth-order valence-electron chi connectivity index (χ4n) is 4.18. The number of hydrogen-bond acceptors (Lipinski definition) is 6. The minimum atomic E-state index is -3.47. The molecule has 4 aromatic carbocycles. The molecule has 0 saturated heterocycles. The van der Waals surface area contributed by atoms with E-state index in [0.29, 0.717) is 43.7 Å². The predicted octanol–water partition coefficient (Wildman–Crippen LogP) is 5.15. The van der Waals surface area contributed by atoms with Gasteiger partial charge < -0.3 is 10.2 Å². The Bertz CT molecular complexity index is 1580. The topological polar surface area (TPSA) is 124 Å². The maximum Gasteiger partial charge on any atom is 0.242 e. The maximum absolute atomic E-state index is 12.4. The lowest BCUT2D eigenvalue weighted by Crippen LogP contribution is -2.28. The molecule has 0 saturated carbocycles. The molecule has 0 spiro atoms. The fraction of sp³-hybridized carbons (Fsp3) is 0.273. The number of sulfonamides is 2. The van der Waals surface area contributed by atoms with Crippen molar-refractivity contribution in [1.29, 1.82) is 0 Å². The first-order chi connectivity index (χ1) is 20.7. The fourth-order valence-corrected chi connectivity index (χ4v) is 6.46. The van der Waals surface area contributed by atoms with Crippen LogP contribution in [0.5, 0.6) is 0 Å². The first kappa shape index (κ1) is 34.1. The van der Waals surface area contributed by atoms with Gasteiger partial charge in [0.2, 0.25) is 20.0 Å². The molecule has 0 unspecified atom stereocenters. The lowest BCUT2D eigenvalue weighted by Gasteiger charge is -2.17. The number of aliphatic hydroxyl groups is 2. The Hall–Kier alpha value is -3.38. The average molecular weight is 625 g/mol. The molecular weight excluding hydrogens is 585 g/mol. The summed E-state index contributed by atoms with van der Waals surface area (Å²) >= 11 is 0. The van der Waals surface area contributed by atoms with Crippen LogP contribution in [0.2, 0.25) is 0 Å². The summed E-state index contributed by atoms with van der Waals surface area (Å²) in [6, 6.07) is 33.4. The highest BCUT2D eigenvalue weighted by molar-refractivity contribution is 7.89. The van der Waals surface area contributed by atoms with E-state index in [1.165, 1.54) is 4.31 Å². The third-order valence-electron chi connectivity index (χ3n) is 6.70. The quantitative estimate of drug-likeness (QED) is 0.167. The predicted molar refractivity (Wildman–Crippen MR) is 171 cm³/mol. The smallest absolute Gasteiger partial charge is 0.242 e. The Kier molecular flexibility index (Phi) is 13.5. The SMILES string of the molecule is CN(CCCCO)S(=O)(=O)c1ccc(-c2ccccc2)cc1.O=S(=O)(NCCCCO)c1ccc(-c2ccccc2)cc1. The van der Waals surface area contributed by atoms with Crippen LogP contribution in [-0.2, 0) is 20.0 Å². The van der Waals surface area contributed by atoms with Crippen molar-refractivity contribution in [2.75, 3.05) is 33.4 Å². The minimum Gasteiger partial charge on any atom is -0.396 e. The van der Waals surface area contributed by atoms with Crippen molar-refractivity contribution in [2.24, 2.45) is 0 Å². The second-order valence-corrected chi connectivity index (χ2v) is 13.7. The summed E-state index contributed by atoms with van der Waals surface area (Å²) in [5, 5.41) is 17.4. The van der Waals surface area contributed by atoms with E-state index in [4.69, 9.17) is 10.2 Å². The number of hydrogen-bond donors (Lipinski definition) is 3. The van der Waals surface area contributed by atoms with Gasteiger partial charge in [0.05, 0.1) is 9.79 Å². The van der Waals surface area contributed by atoms with E-state index in [1.807, 2.05) is 72.8 Å². The van der Waals surface area contributed by atoms with Crippen molar-refractivity contribution in [3.05, 3.63) is 109 Å². The summed E-state index contributed by atoms with van der Waals surface area (Å²) < 4.78 is 52.9. The van der Waals surface area contributed by atoms with Gasteiger partial charge in [-0.2, -0.15) is 0 Å². The zero-order valence-electron chi connectivity index (χ0n) is 24.3. The van der Waals surface area contributed by atoms with Crippen LogP contribution < -0.4 is 4.72 Å². The van der Waals surface area contributed by atoms with Gasteiger partial charge in [0.1, 0.15) is 0 Å². The summed E-state index contributed by atoms with van der Waals surface area (Å²) in [6.45, 7) is 0.903. The van der Waals surface area contributed by atoms with Crippen molar-refractivity contribution in [3.63, 3.8) is 0 Å². The Morgan fingerprint density at radius 1 is 0.558 bits per heavy atom. The van der Waals surface area contributed by atoms with Crippen LogP contribution >= 0.6 is 0 Å². The van der Waals surface area contributed by atoms with Crippen molar-refractivity contribution in [2.45, 2.75) is 35.5 Å². The molecule has 0 aromatic heterocycles. The van der Waals surface area contributed by atoms with Crippen LogP contribution in [0, 0.1) is 0 Å². The van der Waals surface area contributed by atoms with Gasteiger partial charge >= 0.3 is 0 Å². The normalized spacial score (nSPS) is 11.6. The van der Waals surface area contributed by atoms with E-state index < -0.39 is 20.0 Å². The summed E-state index contributed by atoms with van der Waals surface area (Å²) in [5.74, 6) is 0. The van der Waals surface area contributed by atoms with Gasteiger partial charge in [-0.05, 0) is 72.2 Å². The van der Waals surface area contributed by atoms with Gasteiger partial charge in [0.15, 0.2) is 0 Å². The molecule has 43 heavy (non-hydrogen) atoms. The van der Waals surface area contributed by atoms with Crippen molar-refractivity contribution in [3.8, 4) is 22.3 Å². The van der Waals surface area contributed by atoms with Gasteiger partial charge in [-0.15, -0.1) is 0 Å². The van der Waals surface area contributed by atoms with E-state index in [-0.39, 0.29) is 18.1 Å². The highest BCUT2D eigenvalue weighted by Gasteiger charge is 2.20. The Balaban J connectivity index is 0.000000236. The summed E-state index contributed by atoms with van der Waals surface area (Å²) in [4.78, 5) is 0.546. The molecule has 0 amide bonds. The van der Waals surface area contributed by atoms with E-state index in [0.717, 1.165) is 22.3 Å². The van der Waals surface area contributed by atoms with E-state index in [2.05, 4.69) is 4.72 Å². The Labute approximate surface area is 255 Å². The molecular formula is C33H40N2O6S2. The van der Waals surface area contributed by atoms with Crippen molar-refractivity contribution in [1.82, 2.24) is 9.03 Å². The van der Waals surface area contributed by atoms with Crippen molar-refractivity contribution >= 4 is 20.0 Å². The average Bonchev–Trinajstić information content (AvgIpc) is 3.04. The Morgan fingerprint density at radius 2 is 0.977 bits per heavy atom. The molecule has 0 aliphatic heterocycles. The van der Waals surface area contributed by atoms with Crippen LogP contribution in [0.1, 0.15) is 25.7 Å². The number of unbranched alkanes of at least 4 members (excludes halogenated alkanes) is 2. The van der Waals surface area contributed by atoms with E-state index in [9.17, 15) is 16.8 Å². The Morgan fingerprint density at radius 3 is 1.44 bits per heavy atom. The largest absolute Gasteiger partial charge is 0.396 e. The molecule has 10 heteroatoms. The molecule has 0 atom stereocenters. The number of rotatable bonds is 14. The summed E-state index contributed by atoms with van der Waals surface area (Å²) in [5.41, 5.74) is 4.08. The summed E-state index contributed by atoms with van der Waals surface area (Å²) in [7, 11) is -5.37. The molecule has 0 heterocycles. The first-order valence-corrected chi connectivity index (χ1v) is 17.1. The lowest BCUT2D eigenvalue weighted by atomic mass is 10.1. The third-order valence-corrected chi connectivity index (χ3v) is 10.0. The number of nitrogens with one attached hydrogen (secondary N) is 1. The van der Waals surface area contributed by atoms with Crippen molar-refractivity contribution < 1.29 is 27.0 Å². The number of nitrogens with zero attached hydrogens (tertiary/aromatic N) is 1. The summed E-state index contributed by atoms with van der Waals surface area (Å²) in [6.07, 6.45) is 2.47.